The predicted octanol–water partition coefficient (Wildman–Crippen LogP) is 5.91. The second kappa shape index (κ2) is 10.4. The number of carbonyl (C=O) groups excluding carboxylic acids is 1. The molecule has 6 nitrogen and oxygen atoms in total. The van der Waals surface area contributed by atoms with E-state index in [0.717, 1.165) is 33.3 Å². The van der Waals surface area contributed by atoms with Gasteiger partial charge in [0.15, 0.2) is 0 Å². The number of ether oxygens (including phenoxy) is 1. The average Bonchev–Trinajstić information content (AvgIpc) is 3.23. The number of H-pyrrole nitrogens is 1. The monoisotopic (exact) mass is 476 g/mol. The molecule has 4 rings (SSSR count). The maximum absolute atomic E-state index is 12.6. The van der Waals surface area contributed by atoms with Crippen LogP contribution in [0.4, 0.5) is 0 Å². The number of hydrogen-bond acceptors (Lipinski definition) is 3. The van der Waals surface area contributed by atoms with E-state index in [0.29, 0.717) is 35.9 Å². The van der Waals surface area contributed by atoms with E-state index < -0.39 is 5.97 Å². The van der Waals surface area contributed by atoms with Crippen molar-refractivity contribution in [2.24, 2.45) is 0 Å². The molecule has 0 unspecified atom stereocenters. The van der Waals surface area contributed by atoms with Crippen LogP contribution in [-0.4, -0.2) is 28.5 Å². The summed E-state index contributed by atoms with van der Waals surface area (Å²) < 4.78 is 6.12. The number of aromatic amines is 1. The quantitative estimate of drug-likeness (QED) is 0.280. The van der Waals surface area contributed by atoms with Crippen molar-refractivity contribution in [3.63, 3.8) is 0 Å². The van der Waals surface area contributed by atoms with Gasteiger partial charge in [0.1, 0.15) is 17.2 Å². The molecule has 0 radical (unpaired) electrons. The Hall–Kier alpha value is -3.77. The third-order valence-corrected chi connectivity index (χ3v) is 5.87. The highest BCUT2D eigenvalue weighted by molar-refractivity contribution is 6.31. The highest BCUT2D eigenvalue weighted by Crippen LogP contribution is 2.28. The SMILES string of the molecule is Cc1cc(Oc2ccccc2CCNC(=O)c2cc3cc(Cl)ccc3[nH]2)ccc1CCC(=O)O. The van der Waals surface area contributed by atoms with Crippen LogP contribution >= 0.6 is 11.6 Å². The Morgan fingerprint density at radius 3 is 2.62 bits per heavy atom. The Morgan fingerprint density at radius 1 is 1.00 bits per heavy atom. The van der Waals surface area contributed by atoms with Gasteiger partial charge < -0.3 is 20.1 Å². The first-order valence-corrected chi connectivity index (χ1v) is 11.4. The smallest absolute Gasteiger partial charge is 0.303 e. The molecule has 0 saturated heterocycles. The van der Waals surface area contributed by atoms with Crippen molar-refractivity contribution >= 4 is 34.4 Å². The van der Waals surface area contributed by atoms with Gasteiger partial charge in [0, 0.05) is 28.9 Å². The van der Waals surface area contributed by atoms with E-state index in [4.69, 9.17) is 21.4 Å². The zero-order valence-corrected chi connectivity index (χ0v) is 19.5. The first-order chi connectivity index (χ1) is 16.4. The maximum Gasteiger partial charge on any atom is 0.303 e. The maximum atomic E-state index is 12.6. The molecule has 34 heavy (non-hydrogen) atoms. The number of aryl methyl sites for hydroxylation is 2. The number of benzene rings is 3. The Labute approximate surface area is 202 Å². The molecule has 3 N–H and O–H groups in total. The van der Waals surface area contributed by atoms with Crippen molar-refractivity contribution in [2.75, 3.05) is 6.54 Å². The van der Waals surface area contributed by atoms with Crippen molar-refractivity contribution < 1.29 is 19.4 Å². The van der Waals surface area contributed by atoms with Gasteiger partial charge in [0.2, 0.25) is 0 Å². The van der Waals surface area contributed by atoms with Gasteiger partial charge in [-0.1, -0.05) is 35.9 Å². The van der Waals surface area contributed by atoms with E-state index in [1.807, 2.05) is 61.5 Å². The molecule has 0 aliphatic heterocycles. The summed E-state index contributed by atoms with van der Waals surface area (Å²) in [5.74, 6) is 0.410. The molecule has 0 saturated carbocycles. The summed E-state index contributed by atoms with van der Waals surface area (Å²) in [4.78, 5) is 26.5. The molecule has 0 bridgehead atoms. The Kier molecular flexibility index (Phi) is 7.18. The molecule has 3 aromatic carbocycles. The molecule has 174 valence electrons. The lowest BCUT2D eigenvalue weighted by molar-refractivity contribution is -0.136. The van der Waals surface area contributed by atoms with Gasteiger partial charge in [-0.05, 0) is 78.9 Å². The fourth-order valence-corrected chi connectivity index (χ4v) is 4.00. The number of para-hydroxylation sites is 1. The third-order valence-electron chi connectivity index (χ3n) is 5.63. The normalized spacial score (nSPS) is 10.9. The van der Waals surface area contributed by atoms with E-state index >= 15 is 0 Å². The Bertz CT molecular complexity index is 1350. The van der Waals surface area contributed by atoms with Gasteiger partial charge in [0.25, 0.3) is 5.91 Å². The highest BCUT2D eigenvalue weighted by atomic mass is 35.5. The zero-order valence-electron chi connectivity index (χ0n) is 18.7. The topological polar surface area (TPSA) is 91.4 Å². The average molecular weight is 477 g/mol. The van der Waals surface area contributed by atoms with Crippen molar-refractivity contribution in [3.8, 4) is 11.5 Å². The number of carbonyl (C=O) groups is 2. The molecule has 0 fully saturated rings. The number of carboxylic acid groups (broad SMARTS) is 1. The molecular formula is C27H25ClN2O4. The van der Waals surface area contributed by atoms with Gasteiger partial charge in [-0.3, -0.25) is 9.59 Å². The molecule has 0 aliphatic carbocycles. The van der Waals surface area contributed by atoms with Gasteiger partial charge in [0.05, 0.1) is 0 Å². The van der Waals surface area contributed by atoms with E-state index in [2.05, 4.69) is 10.3 Å². The first kappa shape index (κ1) is 23.4. The minimum atomic E-state index is -0.810. The largest absolute Gasteiger partial charge is 0.481 e. The van der Waals surface area contributed by atoms with Crippen molar-refractivity contribution in [1.29, 1.82) is 0 Å². The summed E-state index contributed by atoms with van der Waals surface area (Å²) in [5, 5.41) is 13.4. The molecule has 0 aliphatic rings. The van der Waals surface area contributed by atoms with Crippen molar-refractivity contribution in [2.45, 2.75) is 26.2 Å². The van der Waals surface area contributed by atoms with E-state index in [-0.39, 0.29) is 12.3 Å². The predicted molar refractivity (Wildman–Crippen MR) is 133 cm³/mol. The standard InChI is InChI=1S/C27H25ClN2O4/c1-17-14-22(9-6-18(17)7-11-26(31)32)34-25-5-3-2-4-19(25)12-13-29-27(33)24-16-20-15-21(28)8-10-23(20)30-24/h2-6,8-10,14-16,30H,7,11-13H2,1H3,(H,29,33)(H,31,32). The summed E-state index contributed by atoms with van der Waals surface area (Å²) in [6, 6.07) is 20.6. The number of amides is 1. The molecule has 0 spiro atoms. The Morgan fingerprint density at radius 2 is 1.82 bits per heavy atom. The van der Waals surface area contributed by atoms with E-state index in [9.17, 15) is 9.59 Å². The lowest BCUT2D eigenvalue weighted by Gasteiger charge is -2.13. The second-order valence-corrected chi connectivity index (χ2v) is 8.55. The lowest BCUT2D eigenvalue weighted by atomic mass is 10.0. The van der Waals surface area contributed by atoms with E-state index in [1.165, 1.54) is 0 Å². The van der Waals surface area contributed by atoms with Gasteiger partial charge >= 0.3 is 5.97 Å². The van der Waals surface area contributed by atoms with Crippen molar-refractivity contribution in [3.05, 3.63) is 94.1 Å². The molecule has 0 atom stereocenters. The van der Waals surface area contributed by atoms with Crippen molar-refractivity contribution in [1.82, 2.24) is 10.3 Å². The molecular weight excluding hydrogens is 452 g/mol. The number of fused-ring (bicyclic) bond motifs is 1. The molecule has 4 aromatic rings. The number of hydrogen-bond donors (Lipinski definition) is 3. The minimum Gasteiger partial charge on any atom is -0.481 e. The van der Waals surface area contributed by atoms with Crippen LogP contribution in [0.2, 0.25) is 5.02 Å². The summed E-state index contributed by atoms with van der Waals surface area (Å²) in [6.07, 6.45) is 1.19. The van der Waals surface area contributed by atoms with Gasteiger partial charge in [-0.2, -0.15) is 0 Å². The van der Waals surface area contributed by atoms with Crippen LogP contribution in [0.25, 0.3) is 10.9 Å². The van der Waals surface area contributed by atoms with Crippen LogP contribution < -0.4 is 10.1 Å². The number of nitrogens with one attached hydrogen (secondary N) is 2. The molecule has 1 amide bonds. The number of carboxylic acids is 1. The molecule has 1 heterocycles. The van der Waals surface area contributed by atoms with Crippen LogP contribution in [0.3, 0.4) is 0 Å². The minimum absolute atomic E-state index is 0.0991. The highest BCUT2D eigenvalue weighted by Gasteiger charge is 2.11. The van der Waals surface area contributed by atoms with Crippen LogP contribution in [0.15, 0.2) is 66.7 Å². The van der Waals surface area contributed by atoms with Crippen LogP contribution in [0.5, 0.6) is 11.5 Å². The van der Waals surface area contributed by atoms with Gasteiger partial charge in [-0.25, -0.2) is 0 Å². The Balaban J connectivity index is 1.38. The fraction of sp³-hybridized carbons (Fsp3) is 0.185. The third kappa shape index (κ3) is 5.77. The van der Waals surface area contributed by atoms with Gasteiger partial charge in [-0.15, -0.1) is 0 Å². The summed E-state index contributed by atoms with van der Waals surface area (Å²) in [7, 11) is 0. The number of rotatable bonds is 9. The number of halogens is 1. The van der Waals surface area contributed by atoms with Crippen LogP contribution in [0.1, 0.15) is 33.6 Å². The molecule has 1 aromatic heterocycles. The summed E-state index contributed by atoms with van der Waals surface area (Å²) in [6.45, 7) is 2.39. The van der Waals surface area contributed by atoms with Crippen LogP contribution in [-0.2, 0) is 17.6 Å². The fourth-order valence-electron chi connectivity index (χ4n) is 3.82. The number of aromatic nitrogens is 1. The second-order valence-electron chi connectivity index (χ2n) is 8.11. The lowest BCUT2D eigenvalue weighted by Crippen LogP contribution is -2.26. The summed E-state index contributed by atoms with van der Waals surface area (Å²) in [5.41, 5.74) is 4.30. The zero-order chi connectivity index (χ0) is 24.1. The van der Waals surface area contributed by atoms with E-state index in [1.54, 1.807) is 12.1 Å². The first-order valence-electron chi connectivity index (χ1n) is 11.0. The number of aliphatic carboxylic acids is 1. The summed E-state index contributed by atoms with van der Waals surface area (Å²) >= 11 is 6.03. The van der Waals surface area contributed by atoms with Crippen LogP contribution in [0, 0.1) is 6.92 Å². The molecule has 7 heteroatoms.